The van der Waals surface area contributed by atoms with Gasteiger partial charge in [-0.3, -0.25) is 4.79 Å². The number of rotatable bonds is 8. The Labute approximate surface area is 180 Å². The molecular weight excluding hydrogens is 396 g/mol. The molecule has 0 aliphatic rings. The van der Waals surface area contributed by atoms with Gasteiger partial charge in [-0.05, 0) is 67.0 Å². The molecule has 1 atom stereocenters. The van der Waals surface area contributed by atoms with Gasteiger partial charge in [0.25, 0.3) is 5.91 Å². The lowest BCUT2D eigenvalue weighted by molar-refractivity contribution is 0.0950. The van der Waals surface area contributed by atoms with Crippen LogP contribution in [0.25, 0.3) is 11.1 Å². The monoisotopic (exact) mass is 419 g/mol. The zero-order valence-corrected chi connectivity index (χ0v) is 17.2. The number of hydrogen-bond donors (Lipinski definition) is 2. The molecule has 0 saturated heterocycles. The average Bonchev–Trinajstić information content (AvgIpc) is 2.81. The van der Waals surface area contributed by atoms with E-state index < -0.39 is 17.5 Å². The fourth-order valence-corrected chi connectivity index (χ4v) is 3.38. The Morgan fingerprint density at radius 2 is 1.77 bits per heavy atom. The minimum Gasteiger partial charge on any atom is -0.351 e. The molecule has 31 heavy (non-hydrogen) atoms. The van der Waals surface area contributed by atoms with Crippen LogP contribution in [0.15, 0.2) is 66.7 Å². The number of hydrogen-bond acceptors (Lipinski definition) is 3. The predicted molar refractivity (Wildman–Crippen MR) is 117 cm³/mol. The van der Waals surface area contributed by atoms with Crippen LogP contribution in [0.5, 0.6) is 0 Å². The summed E-state index contributed by atoms with van der Waals surface area (Å²) in [5, 5.41) is 15.0. The third kappa shape index (κ3) is 5.74. The van der Waals surface area contributed by atoms with Gasteiger partial charge in [-0.25, -0.2) is 8.78 Å². The van der Waals surface area contributed by atoms with Crippen molar-refractivity contribution in [3.05, 3.63) is 95.1 Å². The number of carbonyl (C=O) groups is 1. The summed E-state index contributed by atoms with van der Waals surface area (Å²) in [6, 6.07) is 20.7. The van der Waals surface area contributed by atoms with Crippen LogP contribution >= 0.6 is 0 Å². The van der Waals surface area contributed by atoms with Crippen molar-refractivity contribution in [2.75, 3.05) is 20.1 Å². The van der Waals surface area contributed by atoms with E-state index in [9.17, 15) is 13.6 Å². The molecule has 0 aliphatic carbocycles. The quantitative estimate of drug-likeness (QED) is 0.560. The lowest BCUT2D eigenvalue weighted by Gasteiger charge is -2.19. The Kier molecular flexibility index (Phi) is 7.47. The molecule has 3 aromatic rings. The van der Waals surface area contributed by atoms with E-state index in [1.54, 1.807) is 6.07 Å². The molecule has 0 spiro atoms. The van der Waals surface area contributed by atoms with Gasteiger partial charge in [0.1, 0.15) is 0 Å². The number of carbonyl (C=O) groups excluding carboxylic acids is 1. The Bertz CT molecular complexity index is 1090. The van der Waals surface area contributed by atoms with Crippen molar-refractivity contribution >= 4 is 5.91 Å². The highest BCUT2D eigenvalue weighted by Gasteiger charge is 2.15. The first kappa shape index (κ1) is 22.1. The summed E-state index contributed by atoms with van der Waals surface area (Å²) in [5.74, 6) is -2.43. The van der Waals surface area contributed by atoms with E-state index in [0.29, 0.717) is 12.1 Å². The summed E-state index contributed by atoms with van der Waals surface area (Å²) >= 11 is 0. The van der Waals surface area contributed by atoms with Crippen molar-refractivity contribution in [3.8, 4) is 17.2 Å². The first-order chi connectivity index (χ1) is 15.0. The summed E-state index contributed by atoms with van der Waals surface area (Å²) < 4.78 is 26.5. The largest absolute Gasteiger partial charge is 0.351 e. The second kappa shape index (κ2) is 10.5. The molecule has 0 saturated carbocycles. The topological polar surface area (TPSA) is 64.9 Å². The van der Waals surface area contributed by atoms with Crippen molar-refractivity contribution in [1.82, 2.24) is 10.6 Å². The Hall–Kier alpha value is -3.56. The Balaban J connectivity index is 1.73. The van der Waals surface area contributed by atoms with Gasteiger partial charge in [0.05, 0.1) is 11.6 Å². The zero-order chi connectivity index (χ0) is 22.2. The maximum Gasteiger partial charge on any atom is 0.251 e. The van der Waals surface area contributed by atoms with Gasteiger partial charge in [-0.1, -0.05) is 36.4 Å². The molecule has 3 rings (SSSR count). The van der Waals surface area contributed by atoms with Crippen LogP contribution in [0.4, 0.5) is 8.78 Å². The molecule has 2 N–H and O–H groups in total. The van der Waals surface area contributed by atoms with Gasteiger partial charge in [0, 0.05) is 18.0 Å². The van der Waals surface area contributed by atoms with Gasteiger partial charge in [-0.15, -0.1) is 0 Å². The summed E-state index contributed by atoms with van der Waals surface area (Å²) in [6.45, 7) is 1.13. The first-order valence-corrected chi connectivity index (χ1v) is 10.00. The molecule has 0 heterocycles. The van der Waals surface area contributed by atoms with Crippen LogP contribution in [0.2, 0.25) is 0 Å². The van der Waals surface area contributed by atoms with Crippen molar-refractivity contribution in [2.45, 2.75) is 12.3 Å². The maximum atomic E-state index is 13.4. The molecule has 6 heteroatoms. The number of nitrogens with one attached hydrogen (secondary N) is 2. The number of nitriles is 1. The summed E-state index contributed by atoms with van der Waals surface area (Å²) in [6.07, 6.45) is 0.790. The molecule has 158 valence electrons. The van der Waals surface area contributed by atoms with Gasteiger partial charge >= 0.3 is 0 Å². The minimum atomic E-state index is -1.05. The van der Waals surface area contributed by atoms with Crippen molar-refractivity contribution in [1.29, 1.82) is 5.26 Å². The normalized spacial score (nSPS) is 11.5. The van der Waals surface area contributed by atoms with Crippen LogP contribution in [-0.4, -0.2) is 26.0 Å². The molecular formula is C25H23F2N3O. The van der Waals surface area contributed by atoms with Crippen LogP contribution < -0.4 is 10.6 Å². The summed E-state index contributed by atoms with van der Waals surface area (Å²) in [7, 11) is 1.86. The lowest BCUT2D eigenvalue weighted by Crippen LogP contribution is -2.29. The molecule has 1 unspecified atom stereocenters. The Morgan fingerprint density at radius 3 is 2.45 bits per heavy atom. The number of amides is 1. The number of halogens is 2. The summed E-state index contributed by atoms with van der Waals surface area (Å²) in [4.78, 5) is 12.4. The van der Waals surface area contributed by atoms with Gasteiger partial charge in [-0.2, -0.15) is 5.26 Å². The SMILES string of the molecule is CNCCC(CNC(=O)c1ccc(F)c(F)c1)c1ccc(-c2cccc(C#N)c2)cc1. The van der Waals surface area contributed by atoms with Crippen molar-refractivity contribution in [3.63, 3.8) is 0 Å². The molecule has 1 amide bonds. The van der Waals surface area contributed by atoms with E-state index in [0.717, 1.165) is 41.8 Å². The second-order valence-corrected chi connectivity index (χ2v) is 7.24. The Morgan fingerprint density at radius 1 is 1.00 bits per heavy atom. The molecule has 0 aliphatic heterocycles. The lowest BCUT2D eigenvalue weighted by atomic mass is 9.93. The van der Waals surface area contributed by atoms with Crippen molar-refractivity contribution in [2.24, 2.45) is 0 Å². The average molecular weight is 419 g/mol. The fraction of sp³-hybridized carbons (Fsp3) is 0.200. The molecule has 4 nitrogen and oxygen atoms in total. The van der Waals surface area contributed by atoms with E-state index >= 15 is 0 Å². The molecule has 0 fully saturated rings. The highest BCUT2D eigenvalue weighted by atomic mass is 19.2. The van der Waals surface area contributed by atoms with Crippen LogP contribution in [0.1, 0.15) is 33.8 Å². The van der Waals surface area contributed by atoms with E-state index in [1.165, 1.54) is 6.07 Å². The van der Waals surface area contributed by atoms with Gasteiger partial charge in [0.2, 0.25) is 0 Å². The number of benzene rings is 3. The zero-order valence-electron chi connectivity index (χ0n) is 17.2. The van der Waals surface area contributed by atoms with E-state index in [1.807, 2.05) is 49.5 Å². The molecule has 0 radical (unpaired) electrons. The third-order valence-electron chi connectivity index (χ3n) is 5.14. The van der Waals surface area contributed by atoms with E-state index in [-0.39, 0.29) is 11.5 Å². The number of nitrogens with zero attached hydrogens (tertiary/aromatic N) is 1. The highest BCUT2D eigenvalue weighted by Crippen LogP contribution is 2.25. The van der Waals surface area contributed by atoms with Crippen molar-refractivity contribution < 1.29 is 13.6 Å². The smallest absolute Gasteiger partial charge is 0.251 e. The molecule has 0 aromatic heterocycles. The van der Waals surface area contributed by atoms with Gasteiger partial charge in [0.15, 0.2) is 11.6 Å². The molecule has 0 bridgehead atoms. The summed E-state index contributed by atoms with van der Waals surface area (Å²) in [5.41, 5.74) is 3.71. The van der Waals surface area contributed by atoms with Crippen LogP contribution in [-0.2, 0) is 0 Å². The van der Waals surface area contributed by atoms with E-state index in [2.05, 4.69) is 16.7 Å². The van der Waals surface area contributed by atoms with E-state index in [4.69, 9.17) is 5.26 Å². The fourth-order valence-electron chi connectivity index (χ4n) is 3.38. The maximum absolute atomic E-state index is 13.4. The molecule has 3 aromatic carbocycles. The first-order valence-electron chi connectivity index (χ1n) is 10.00. The highest BCUT2D eigenvalue weighted by molar-refractivity contribution is 5.94. The van der Waals surface area contributed by atoms with Crippen LogP contribution in [0.3, 0.4) is 0 Å². The van der Waals surface area contributed by atoms with Crippen LogP contribution in [0, 0.1) is 23.0 Å². The van der Waals surface area contributed by atoms with Gasteiger partial charge < -0.3 is 10.6 Å². The second-order valence-electron chi connectivity index (χ2n) is 7.24. The third-order valence-corrected chi connectivity index (χ3v) is 5.14. The minimum absolute atomic E-state index is 0.0428. The standard InChI is InChI=1S/C25H23F2N3O/c1-29-12-11-22(16-30-25(31)21-9-10-23(26)24(27)14-21)19-7-5-18(6-8-19)20-4-2-3-17(13-20)15-28/h2-10,13-14,22,29H,11-12,16H2,1H3,(H,30,31). The predicted octanol–water partition coefficient (Wildman–Crippen LogP) is 4.63.